The molecule has 0 amide bonds. The van der Waals surface area contributed by atoms with Crippen molar-refractivity contribution in [3.63, 3.8) is 0 Å². The van der Waals surface area contributed by atoms with Crippen LogP contribution in [-0.4, -0.2) is 14.5 Å². The highest BCUT2D eigenvalue weighted by Crippen LogP contribution is 2.19. The van der Waals surface area contributed by atoms with Crippen molar-refractivity contribution in [2.24, 2.45) is 0 Å². The van der Waals surface area contributed by atoms with E-state index >= 15 is 0 Å². The predicted molar refractivity (Wildman–Crippen MR) is 77.8 cm³/mol. The highest BCUT2D eigenvalue weighted by atomic mass is 32.1. The van der Waals surface area contributed by atoms with Gasteiger partial charge in [0.1, 0.15) is 5.01 Å². The van der Waals surface area contributed by atoms with Crippen LogP contribution in [0, 0.1) is 18.6 Å². The summed E-state index contributed by atoms with van der Waals surface area (Å²) in [5, 5.41) is 1.09. The van der Waals surface area contributed by atoms with E-state index in [4.69, 9.17) is 12.2 Å². The van der Waals surface area contributed by atoms with Crippen LogP contribution >= 0.6 is 23.6 Å². The molecule has 1 N–H and O–H groups in total. The maximum Gasteiger partial charge on any atom is 0.178 e. The molecule has 18 heavy (non-hydrogen) atoms. The topological polar surface area (TPSA) is 33.6 Å². The van der Waals surface area contributed by atoms with Crippen LogP contribution in [0.15, 0.2) is 24.4 Å². The zero-order valence-corrected chi connectivity index (χ0v) is 11.9. The number of H-pyrrole nitrogens is 1. The van der Waals surface area contributed by atoms with Crippen molar-refractivity contribution in [1.82, 2.24) is 14.5 Å². The maximum absolute atomic E-state index is 5.39. The number of thiazole rings is 1. The summed E-state index contributed by atoms with van der Waals surface area (Å²) in [6.07, 6.45) is 1.91. The second kappa shape index (κ2) is 4.33. The normalized spacial score (nSPS) is 11.2. The molecule has 0 unspecified atom stereocenters. The number of nitrogens with one attached hydrogen (secondary N) is 1. The Hall–Kier alpha value is -1.46. The number of benzene rings is 1. The van der Waals surface area contributed by atoms with Crippen molar-refractivity contribution in [3.8, 4) is 0 Å². The number of aromatic amines is 1. The lowest BCUT2D eigenvalue weighted by Gasteiger charge is -2.02. The molecule has 92 valence electrons. The molecule has 0 radical (unpaired) electrons. The number of rotatable bonds is 2. The quantitative estimate of drug-likeness (QED) is 0.721. The first-order chi connectivity index (χ1) is 8.63. The molecule has 0 atom stereocenters. The van der Waals surface area contributed by atoms with E-state index in [9.17, 15) is 0 Å². The van der Waals surface area contributed by atoms with Crippen molar-refractivity contribution >= 4 is 34.6 Å². The van der Waals surface area contributed by atoms with Crippen LogP contribution in [0.4, 0.5) is 0 Å². The number of aromatic nitrogens is 3. The van der Waals surface area contributed by atoms with Crippen LogP contribution in [0.1, 0.15) is 15.4 Å². The minimum atomic E-state index is 0.737. The molecule has 0 spiro atoms. The minimum absolute atomic E-state index is 0.737. The number of fused-ring (bicyclic) bond motifs is 1. The van der Waals surface area contributed by atoms with E-state index in [0.29, 0.717) is 0 Å². The smallest absolute Gasteiger partial charge is 0.178 e. The van der Waals surface area contributed by atoms with Crippen LogP contribution in [0.3, 0.4) is 0 Å². The van der Waals surface area contributed by atoms with E-state index in [1.54, 1.807) is 11.3 Å². The summed E-state index contributed by atoms with van der Waals surface area (Å²) in [5.74, 6) is 0. The standard InChI is InChI=1S/C13H13N3S2/c1-8-3-4-10-11(5-8)16(13(17)15-10)7-12-14-6-9(2)18-12/h3-6H,7H2,1-2H3,(H,15,17). The fourth-order valence-electron chi connectivity index (χ4n) is 2.03. The first kappa shape index (κ1) is 11.6. The number of imidazole rings is 1. The van der Waals surface area contributed by atoms with Crippen molar-refractivity contribution in [1.29, 1.82) is 0 Å². The summed E-state index contributed by atoms with van der Waals surface area (Å²) >= 11 is 7.10. The number of aryl methyl sites for hydroxylation is 2. The number of nitrogens with zero attached hydrogens (tertiary/aromatic N) is 2. The van der Waals surface area contributed by atoms with E-state index in [2.05, 4.69) is 46.6 Å². The van der Waals surface area contributed by atoms with E-state index in [0.717, 1.165) is 27.4 Å². The van der Waals surface area contributed by atoms with Gasteiger partial charge in [-0.15, -0.1) is 11.3 Å². The molecule has 2 aromatic heterocycles. The Morgan fingerprint density at radius 1 is 1.39 bits per heavy atom. The Labute approximate surface area is 114 Å². The molecular weight excluding hydrogens is 262 g/mol. The Kier molecular flexibility index (Phi) is 2.80. The van der Waals surface area contributed by atoms with Gasteiger partial charge in [-0.1, -0.05) is 6.07 Å². The lowest BCUT2D eigenvalue weighted by atomic mass is 10.2. The highest BCUT2D eigenvalue weighted by Gasteiger charge is 2.07. The van der Waals surface area contributed by atoms with Gasteiger partial charge in [-0.3, -0.25) is 0 Å². The summed E-state index contributed by atoms with van der Waals surface area (Å²) in [6, 6.07) is 6.32. The molecule has 0 aliphatic carbocycles. The maximum atomic E-state index is 5.39. The highest BCUT2D eigenvalue weighted by molar-refractivity contribution is 7.71. The van der Waals surface area contributed by atoms with Crippen molar-refractivity contribution in [2.75, 3.05) is 0 Å². The molecule has 3 nitrogen and oxygen atoms in total. The van der Waals surface area contributed by atoms with Crippen LogP contribution in [0.25, 0.3) is 11.0 Å². The predicted octanol–water partition coefficient (Wildman–Crippen LogP) is 3.82. The Balaban J connectivity index is 2.13. The molecule has 0 aliphatic rings. The average Bonchev–Trinajstić information content (AvgIpc) is 2.86. The molecule has 1 aromatic carbocycles. The van der Waals surface area contributed by atoms with Crippen molar-refractivity contribution in [2.45, 2.75) is 20.4 Å². The second-order valence-electron chi connectivity index (χ2n) is 4.40. The lowest BCUT2D eigenvalue weighted by molar-refractivity contribution is 0.803. The summed E-state index contributed by atoms with van der Waals surface area (Å²) in [6.45, 7) is 4.90. The first-order valence-electron chi connectivity index (χ1n) is 5.74. The van der Waals surface area contributed by atoms with E-state index in [-0.39, 0.29) is 0 Å². The Morgan fingerprint density at radius 2 is 2.22 bits per heavy atom. The van der Waals surface area contributed by atoms with Crippen molar-refractivity contribution < 1.29 is 0 Å². The van der Waals surface area contributed by atoms with Gasteiger partial charge in [-0.2, -0.15) is 0 Å². The van der Waals surface area contributed by atoms with Gasteiger partial charge in [-0.25, -0.2) is 4.98 Å². The van der Waals surface area contributed by atoms with E-state index in [1.807, 2.05) is 6.20 Å². The first-order valence-corrected chi connectivity index (χ1v) is 6.96. The molecule has 0 saturated heterocycles. The fourth-order valence-corrected chi connectivity index (χ4v) is 3.08. The largest absolute Gasteiger partial charge is 0.331 e. The van der Waals surface area contributed by atoms with Gasteiger partial charge < -0.3 is 9.55 Å². The SMILES string of the molecule is Cc1ccc2[nH]c(=S)n(Cc3ncc(C)s3)c2c1. The Morgan fingerprint density at radius 3 is 2.94 bits per heavy atom. The van der Waals surface area contributed by atoms with Crippen molar-refractivity contribution in [3.05, 3.63) is 44.6 Å². The van der Waals surface area contributed by atoms with Crippen LogP contribution in [0.2, 0.25) is 0 Å². The summed E-state index contributed by atoms with van der Waals surface area (Å²) < 4.78 is 2.86. The molecule has 0 bridgehead atoms. The van der Waals surface area contributed by atoms with Gasteiger partial charge in [0.05, 0.1) is 17.6 Å². The number of hydrogen-bond acceptors (Lipinski definition) is 3. The van der Waals surface area contributed by atoms with E-state index < -0.39 is 0 Å². The van der Waals surface area contributed by atoms with Gasteiger partial charge in [0.2, 0.25) is 0 Å². The third kappa shape index (κ3) is 2.00. The van der Waals surface area contributed by atoms with Gasteiger partial charge in [0.25, 0.3) is 0 Å². The molecule has 3 aromatic rings. The monoisotopic (exact) mass is 275 g/mol. The second-order valence-corrected chi connectivity index (χ2v) is 6.11. The van der Waals surface area contributed by atoms with Crippen LogP contribution in [-0.2, 0) is 6.54 Å². The van der Waals surface area contributed by atoms with Gasteiger partial charge in [0, 0.05) is 11.1 Å². The average molecular weight is 275 g/mol. The molecule has 3 rings (SSSR count). The Bertz CT molecular complexity index is 764. The summed E-state index contributed by atoms with van der Waals surface area (Å²) in [5.41, 5.74) is 3.47. The summed E-state index contributed by atoms with van der Waals surface area (Å²) in [7, 11) is 0. The van der Waals surface area contributed by atoms with E-state index in [1.165, 1.54) is 10.4 Å². The molecule has 5 heteroatoms. The minimum Gasteiger partial charge on any atom is -0.331 e. The molecule has 2 heterocycles. The summed E-state index contributed by atoms with van der Waals surface area (Å²) in [4.78, 5) is 8.86. The third-order valence-corrected chi connectivity index (χ3v) is 4.11. The zero-order valence-electron chi connectivity index (χ0n) is 10.2. The zero-order chi connectivity index (χ0) is 12.7. The molecule has 0 aliphatic heterocycles. The molecule has 0 fully saturated rings. The van der Waals surface area contributed by atoms with Gasteiger partial charge in [-0.05, 0) is 43.8 Å². The van der Waals surface area contributed by atoms with Gasteiger partial charge in [0.15, 0.2) is 4.77 Å². The van der Waals surface area contributed by atoms with Crippen LogP contribution in [0.5, 0.6) is 0 Å². The fraction of sp³-hybridized carbons (Fsp3) is 0.231. The van der Waals surface area contributed by atoms with Crippen LogP contribution < -0.4 is 0 Å². The van der Waals surface area contributed by atoms with Gasteiger partial charge >= 0.3 is 0 Å². The number of hydrogen-bond donors (Lipinski definition) is 1. The lowest BCUT2D eigenvalue weighted by Crippen LogP contribution is -1.99. The molecule has 0 saturated carbocycles. The molecular formula is C13H13N3S2. The third-order valence-electron chi connectivity index (χ3n) is 2.89.